The molecule has 2 unspecified atom stereocenters. The molecule has 1 heterocycles. The number of aromatic amines is 1. The first-order chi connectivity index (χ1) is 12.0. The first-order valence-corrected chi connectivity index (χ1v) is 8.66. The van der Waals surface area contributed by atoms with Crippen molar-refractivity contribution in [3.05, 3.63) is 81.1 Å². The monoisotopic (exact) mass is 328 g/mol. The van der Waals surface area contributed by atoms with E-state index in [4.69, 9.17) is 0 Å². The van der Waals surface area contributed by atoms with Crippen LogP contribution in [0.2, 0.25) is 0 Å². The summed E-state index contributed by atoms with van der Waals surface area (Å²) in [6, 6.07) is 18.9. The van der Waals surface area contributed by atoms with Gasteiger partial charge in [0.25, 0.3) is 5.56 Å². The van der Waals surface area contributed by atoms with Crippen molar-refractivity contribution >= 4 is 10.9 Å². The summed E-state index contributed by atoms with van der Waals surface area (Å²) < 4.78 is 0. The molecular formula is C22H20N2O. The average molecular weight is 328 g/mol. The van der Waals surface area contributed by atoms with Crippen LogP contribution in [-0.2, 0) is 11.8 Å². The molecule has 3 heteroatoms. The minimum atomic E-state index is -0.622. The Bertz CT molecular complexity index is 1070. The van der Waals surface area contributed by atoms with Gasteiger partial charge in [0.05, 0.1) is 11.5 Å². The van der Waals surface area contributed by atoms with E-state index in [0.717, 1.165) is 29.3 Å². The molecule has 2 aromatic carbocycles. The van der Waals surface area contributed by atoms with E-state index < -0.39 is 5.41 Å². The van der Waals surface area contributed by atoms with E-state index in [2.05, 4.69) is 35.3 Å². The number of fused-ring (bicyclic) bond motifs is 2. The zero-order valence-electron chi connectivity index (χ0n) is 14.5. The maximum absolute atomic E-state index is 12.0. The van der Waals surface area contributed by atoms with Gasteiger partial charge in [0.1, 0.15) is 0 Å². The fourth-order valence-corrected chi connectivity index (χ4v) is 4.13. The minimum Gasteiger partial charge on any atom is -0.322 e. The van der Waals surface area contributed by atoms with E-state index in [1.807, 2.05) is 31.2 Å². The molecule has 2 atom stereocenters. The summed E-state index contributed by atoms with van der Waals surface area (Å²) in [7, 11) is 0. The number of nitrogens with zero attached hydrogens (tertiary/aromatic N) is 1. The van der Waals surface area contributed by atoms with Gasteiger partial charge in [0, 0.05) is 17.0 Å². The van der Waals surface area contributed by atoms with Crippen LogP contribution in [0, 0.1) is 18.3 Å². The molecule has 0 amide bonds. The third kappa shape index (κ3) is 2.37. The van der Waals surface area contributed by atoms with Gasteiger partial charge in [-0.15, -0.1) is 0 Å². The molecule has 0 aliphatic heterocycles. The molecule has 1 aromatic heterocycles. The Labute approximate surface area is 146 Å². The summed E-state index contributed by atoms with van der Waals surface area (Å²) in [5, 5.41) is 11.1. The third-order valence-electron chi connectivity index (χ3n) is 5.69. The summed E-state index contributed by atoms with van der Waals surface area (Å²) in [6.07, 6.45) is 1.99. The fourth-order valence-electron chi connectivity index (χ4n) is 4.13. The molecule has 0 bridgehead atoms. The molecule has 4 rings (SSSR count). The van der Waals surface area contributed by atoms with Crippen molar-refractivity contribution in [2.45, 2.75) is 38.0 Å². The van der Waals surface area contributed by atoms with E-state index >= 15 is 0 Å². The highest BCUT2D eigenvalue weighted by molar-refractivity contribution is 5.80. The molecule has 0 saturated carbocycles. The second kappa shape index (κ2) is 5.60. The van der Waals surface area contributed by atoms with Crippen LogP contribution < -0.4 is 5.56 Å². The van der Waals surface area contributed by atoms with Crippen molar-refractivity contribution in [2.24, 2.45) is 0 Å². The Morgan fingerprint density at radius 3 is 2.80 bits per heavy atom. The van der Waals surface area contributed by atoms with Crippen molar-refractivity contribution in [1.29, 1.82) is 5.26 Å². The lowest BCUT2D eigenvalue weighted by Gasteiger charge is -2.30. The third-order valence-corrected chi connectivity index (χ3v) is 5.69. The van der Waals surface area contributed by atoms with Crippen molar-refractivity contribution in [1.82, 2.24) is 4.98 Å². The summed E-state index contributed by atoms with van der Waals surface area (Å²) in [5.41, 5.74) is 4.39. The molecular weight excluding hydrogens is 308 g/mol. The Morgan fingerprint density at radius 2 is 2.00 bits per heavy atom. The van der Waals surface area contributed by atoms with Crippen LogP contribution in [0.3, 0.4) is 0 Å². The van der Waals surface area contributed by atoms with Gasteiger partial charge < -0.3 is 4.98 Å². The van der Waals surface area contributed by atoms with Gasteiger partial charge in [-0.1, -0.05) is 36.4 Å². The number of hydrogen-bond acceptors (Lipinski definition) is 2. The highest BCUT2D eigenvalue weighted by atomic mass is 16.1. The lowest BCUT2D eigenvalue weighted by Crippen LogP contribution is -2.27. The summed E-state index contributed by atoms with van der Waals surface area (Å²) in [4.78, 5) is 14.9. The lowest BCUT2D eigenvalue weighted by molar-refractivity contribution is 0.470. The minimum absolute atomic E-state index is 0.0745. The molecule has 3 nitrogen and oxygen atoms in total. The number of benzene rings is 2. The lowest BCUT2D eigenvalue weighted by atomic mass is 9.70. The normalized spacial score (nSPS) is 18.5. The Hall–Kier alpha value is -2.86. The molecule has 0 fully saturated rings. The van der Waals surface area contributed by atoms with Crippen LogP contribution >= 0.6 is 0 Å². The predicted molar refractivity (Wildman–Crippen MR) is 99.8 cm³/mol. The highest BCUT2D eigenvalue weighted by Gasteiger charge is 2.40. The van der Waals surface area contributed by atoms with Crippen molar-refractivity contribution < 1.29 is 0 Å². The van der Waals surface area contributed by atoms with Crippen LogP contribution in [0.15, 0.2) is 53.3 Å². The van der Waals surface area contributed by atoms with E-state index in [1.54, 1.807) is 6.92 Å². The number of hydrogen-bond donors (Lipinski definition) is 1. The number of pyridine rings is 1. The predicted octanol–water partition coefficient (Wildman–Crippen LogP) is 4.35. The van der Waals surface area contributed by atoms with Gasteiger partial charge in [-0.05, 0) is 60.9 Å². The van der Waals surface area contributed by atoms with Crippen LogP contribution in [0.4, 0.5) is 0 Å². The van der Waals surface area contributed by atoms with Crippen LogP contribution in [-0.4, -0.2) is 4.98 Å². The van der Waals surface area contributed by atoms with Crippen LogP contribution in [0.25, 0.3) is 10.9 Å². The summed E-state index contributed by atoms with van der Waals surface area (Å²) in [5.74, 6) is 0.170. The molecule has 3 aromatic rings. The van der Waals surface area contributed by atoms with Crippen molar-refractivity contribution in [3.8, 4) is 6.07 Å². The van der Waals surface area contributed by atoms with Gasteiger partial charge in [-0.3, -0.25) is 4.79 Å². The van der Waals surface area contributed by atoms with Crippen molar-refractivity contribution in [3.63, 3.8) is 0 Å². The smallest absolute Gasteiger partial charge is 0.251 e. The zero-order valence-corrected chi connectivity index (χ0v) is 14.5. The second-order valence-corrected chi connectivity index (χ2v) is 7.19. The molecule has 1 N–H and O–H groups in total. The summed E-state index contributed by atoms with van der Waals surface area (Å²) >= 11 is 0. The first-order valence-electron chi connectivity index (χ1n) is 8.66. The molecule has 124 valence electrons. The number of aromatic nitrogens is 1. The Morgan fingerprint density at radius 1 is 1.20 bits per heavy atom. The van der Waals surface area contributed by atoms with Gasteiger partial charge in [-0.2, -0.15) is 5.26 Å². The maximum Gasteiger partial charge on any atom is 0.251 e. The topological polar surface area (TPSA) is 56.6 Å². The molecule has 0 saturated heterocycles. The van der Waals surface area contributed by atoms with E-state index in [0.29, 0.717) is 5.56 Å². The van der Waals surface area contributed by atoms with Gasteiger partial charge in [-0.25, -0.2) is 0 Å². The molecule has 1 aliphatic rings. The van der Waals surface area contributed by atoms with E-state index in [-0.39, 0.29) is 11.5 Å². The largest absolute Gasteiger partial charge is 0.322 e. The zero-order chi connectivity index (χ0) is 17.6. The summed E-state index contributed by atoms with van der Waals surface area (Å²) in [6.45, 7) is 3.83. The number of rotatable bonds is 2. The van der Waals surface area contributed by atoms with Gasteiger partial charge in [0.15, 0.2) is 0 Å². The number of nitrogens with one attached hydrogen (secondary N) is 1. The Kier molecular flexibility index (Phi) is 3.51. The SMILES string of the molecule is Cc1cc2ccc(C(C)(C#N)C3CCc4ccccc43)cc2[nH]c1=O. The number of H-pyrrole nitrogens is 1. The fraction of sp³-hybridized carbons (Fsp3) is 0.273. The maximum atomic E-state index is 12.0. The standard InChI is InChI=1S/C22H20N2O/c1-14-11-16-7-9-17(12-20(16)24-21(14)25)22(2,13-23)19-10-8-15-5-3-4-6-18(15)19/h3-7,9,11-12,19H,8,10H2,1-2H3,(H,24,25). The molecule has 25 heavy (non-hydrogen) atoms. The second-order valence-electron chi connectivity index (χ2n) is 7.19. The van der Waals surface area contributed by atoms with Crippen molar-refractivity contribution in [2.75, 3.05) is 0 Å². The number of nitriles is 1. The molecule has 1 aliphatic carbocycles. The first kappa shape index (κ1) is 15.7. The van der Waals surface area contributed by atoms with Gasteiger partial charge in [0.2, 0.25) is 0 Å². The highest BCUT2D eigenvalue weighted by Crippen LogP contribution is 2.46. The average Bonchev–Trinajstić information content (AvgIpc) is 3.06. The van der Waals surface area contributed by atoms with Gasteiger partial charge >= 0.3 is 0 Å². The Balaban J connectivity index is 1.86. The van der Waals surface area contributed by atoms with Crippen LogP contribution in [0.5, 0.6) is 0 Å². The van der Waals surface area contributed by atoms with E-state index in [1.165, 1.54) is 11.1 Å². The molecule has 0 radical (unpaired) electrons. The van der Waals surface area contributed by atoms with Crippen LogP contribution in [0.1, 0.15) is 41.5 Å². The van der Waals surface area contributed by atoms with E-state index in [9.17, 15) is 10.1 Å². The molecule has 0 spiro atoms. The number of aryl methyl sites for hydroxylation is 2. The quantitative estimate of drug-likeness (QED) is 0.760.